The van der Waals surface area contributed by atoms with Crippen LogP contribution in [0.15, 0.2) is 24.5 Å². The number of rotatable bonds is 4. The average molecular weight is 642 g/mol. The van der Waals surface area contributed by atoms with E-state index in [4.69, 9.17) is 0 Å². The van der Waals surface area contributed by atoms with Crippen LogP contribution in [-0.2, 0) is 0 Å². The molecule has 1 aliphatic heterocycles. The van der Waals surface area contributed by atoms with E-state index < -0.39 is 5.82 Å². The molecule has 170 valence electrons. The van der Waals surface area contributed by atoms with Crippen LogP contribution in [0.25, 0.3) is 22.6 Å². The number of pyridine rings is 1. The van der Waals surface area contributed by atoms with Crippen LogP contribution in [0.2, 0.25) is 0 Å². The molecule has 1 aliphatic carbocycles. The predicted molar refractivity (Wildman–Crippen MR) is 123 cm³/mol. The molecule has 1 unspecified atom stereocenters. The minimum atomic E-state index is -0.495. The number of halogens is 1. The second-order valence-corrected chi connectivity index (χ2v) is 10.8. The van der Waals surface area contributed by atoms with Gasteiger partial charge in [0.15, 0.2) is 0 Å². The Hall–Kier alpha value is -2.38. The molecular weight excluding hydrogens is 616 g/mol. The Morgan fingerprint density at radius 3 is 2.88 bits per heavy atom. The zero-order valence-corrected chi connectivity index (χ0v) is 23.0. The summed E-state index contributed by atoms with van der Waals surface area (Å²) in [5.74, 6) is 0.0536. The van der Waals surface area contributed by atoms with Gasteiger partial charge in [0.25, 0.3) is 0 Å². The molecule has 0 bridgehead atoms. The van der Waals surface area contributed by atoms with Crippen LogP contribution in [0, 0.1) is 5.82 Å². The normalized spacial score (nSPS) is 23.1. The molecule has 0 aromatic carbocycles. The van der Waals surface area contributed by atoms with Crippen LogP contribution in [0.3, 0.4) is 0 Å². The number of carbonyl (C=O) groups is 1. The van der Waals surface area contributed by atoms with Gasteiger partial charge in [-0.15, -0.1) is 0 Å². The van der Waals surface area contributed by atoms with Gasteiger partial charge in [-0.3, -0.25) is 0 Å². The molecule has 2 aliphatic rings. The Morgan fingerprint density at radius 2 is 2.06 bits per heavy atom. The second kappa shape index (κ2) is 9.47. The van der Waals surface area contributed by atoms with E-state index in [-0.39, 0.29) is 30.0 Å². The minimum absolute atomic E-state index is 0.0149. The molecule has 0 radical (unpaired) electrons. The zero-order valence-electron chi connectivity index (χ0n) is 18.5. The summed E-state index contributed by atoms with van der Waals surface area (Å²) >= 11 is 0.442. The Bertz CT molecular complexity index is 1170. The van der Waals surface area contributed by atoms with Crippen LogP contribution in [0.5, 0.6) is 0 Å². The molecule has 3 aromatic heterocycles. The topological polar surface area (TPSA) is 101 Å². The van der Waals surface area contributed by atoms with Gasteiger partial charge in [-0.05, 0) is 19.8 Å². The van der Waals surface area contributed by atoms with Crippen molar-refractivity contribution in [3.8, 4) is 11.5 Å². The predicted octanol–water partition coefficient (Wildman–Crippen LogP) is 2.88. The maximum atomic E-state index is 14.6. The van der Waals surface area contributed by atoms with Gasteiger partial charge in [0, 0.05) is 12.6 Å². The van der Waals surface area contributed by atoms with E-state index in [1.54, 1.807) is 6.20 Å². The molecule has 4 heterocycles. The number of amides is 2. The fourth-order valence-corrected chi connectivity index (χ4v) is 6.11. The molecule has 0 spiro atoms. The molecular formula is C22H26FN8OTl. The number of hydrogen-bond donors (Lipinski definition) is 2. The third-order valence-electron chi connectivity index (χ3n) is 6.58. The summed E-state index contributed by atoms with van der Waals surface area (Å²) in [6.45, 7) is 2.91. The van der Waals surface area contributed by atoms with Gasteiger partial charge in [0.2, 0.25) is 0 Å². The third kappa shape index (κ3) is 4.66. The van der Waals surface area contributed by atoms with Crippen molar-refractivity contribution in [2.75, 3.05) is 11.9 Å². The standard InChI is InChI=1S/C22H27FN8O.Tl/c1-13-5-4-10-31(13)22(32)27-15-7-2-6-14(11-15)26-20-17(23)12-25-21(28-20)18-16-8-3-9-24-19(16)30-29-18;/h3,8-9,12-15H,2,4-7,10-11H2,1H3,(H3,24,25,26,27,28,29,30,32);/q;+1/p-1/t13-,14?,15+;/m0./s1. The summed E-state index contributed by atoms with van der Waals surface area (Å²) in [7, 11) is 0. The molecule has 1 saturated carbocycles. The average Bonchev–Trinajstić information content (AvgIpc) is 3.39. The van der Waals surface area contributed by atoms with E-state index in [0.717, 1.165) is 56.1 Å². The van der Waals surface area contributed by atoms with Gasteiger partial charge in [0.1, 0.15) is 0 Å². The first-order chi connectivity index (χ1) is 16.0. The number of hydrogen-bond acceptors (Lipinski definition) is 6. The van der Waals surface area contributed by atoms with Crippen molar-refractivity contribution in [3.63, 3.8) is 0 Å². The summed E-state index contributed by atoms with van der Waals surface area (Å²) < 4.78 is 16.5. The van der Waals surface area contributed by atoms with Crippen LogP contribution in [-0.4, -0.2) is 84.2 Å². The summed E-state index contributed by atoms with van der Waals surface area (Å²) in [6, 6.07) is 4.17. The van der Waals surface area contributed by atoms with Crippen LogP contribution < -0.4 is 10.6 Å². The SMILES string of the molecule is C[C@H]1CCCN1C(=O)N[C@@H]1CCCC(Nc2nc(-c3n[n]([Tl])c4ncccc34)ncc2F)C1. The number of anilines is 1. The quantitative estimate of drug-likeness (QED) is 0.425. The Labute approximate surface area is 207 Å². The summed E-state index contributed by atoms with van der Waals surface area (Å²) in [5.41, 5.74) is 1.40. The number of urea groups is 1. The van der Waals surface area contributed by atoms with E-state index in [9.17, 15) is 9.18 Å². The van der Waals surface area contributed by atoms with Crippen molar-refractivity contribution in [1.29, 1.82) is 0 Å². The van der Waals surface area contributed by atoms with E-state index in [1.807, 2.05) is 19.5 Å². The molecule has 2 N–H and O–H groups in total. The van der Waals surface area contributed by atoms with Crippen molar-refractivity contribution in [3.05, 3.63) is 30.3 Å². The molecule has 2 amide bonds. The summed E-state index contributed by atoms with van der Waals surface area (Å²) in [5, 5.41) is 11.9. The number of aromatic nitrogens is 5. The van der Waals surface area contributed by atoms with Gasteiger partial charge < -0.3 is 4.90 Å². The van der Waals surface area contributed by atoms with Gasteiger partial charge in [0.05, 0.1) is 0 Å². The fraction of sp³-hybridized carbons (Fsp3) is 0.500. The van der Waals surface area contributed by atoms with Crippen molar-refractivity contribution in [2.24, 2.45) is 0 Å². The van der Waals surface area contributed by atoms with Crippen LogP contribution >= 0.6 is 0 Å². The molecule has 33 heavy (non-hydrogen) atoms. The van der Waals surface area contributed by atoms with Crippen LogP contribution in [0.4, 0.5) is 15.0 Å². The number of fused-ring (bicyclic) bond motifs is 1. The molecule has 11 heteroatoms. The van der Waals surface area contributed by atoms with Crippen molar-refractivity contribution >= 4 is 48.9 Å². The van der Waals surface area contributed by atoms with Gasteiger partial charge >= 0.3 is 166 Å². The van der Waals surface area contributed by atoms with Gasteiger partial charge in [-0.25, -0.2) is 4.79 Å². The summed E-state index contributed by atoms with van der Waals surface area (Å²) in [4.78, 5) is 27.6. The number of carbonyl (C=O) groups excluding carboxylic acids is 1. The molecule has 1 saturated heterocycles. The molecule has 3 aromatic rings. The first-order valence-corrected chi connectivity index (χ1v) is 13.5. The fourth-order valence-electron chi connectivity index (χ4n) is 4.86. The Balaban J connectivity index is 1.30. The first kappa shape index (κ1) is 22.4. The van der Waals surface area contributed by atoms with Gasteiger partial charge in [-0.1, -0.05) is 0 Å². The van der Waals surface area contributed by atoms with Crippen LogP contribution in [0.1, 0.15) is 45.4 Å². The number of nitrogens with one attached hydrogen (secondary N) is 2. The Kier molecular flexibility index (Phi) is 6.43. The van der Waals surface area contributed by atoms with E-state index in [1.165, 1.54) is 6.20 Å². The molecule has 5 rings (SSSR count). The molecule has 3 atom stereocenters. The van der Waals surface area contributed by atoms with E-state index in [0.29, 0.717) is 37.6 Å². The van der Waals surface area contributed by atoms with E-state index in [2.05, 4.69) is 37.6 Å². The monoisotopic (exact) mass is 642 g/mol. The molecule has 9 nitrogen and oxygen atoms in total. The Morgan fingerprint density at radius 1 is 1.21 bits per heavy atom. The third-order valence-corrected chi connectivity index (χ3v) is 7.98. The van der Waals surface area contributed by atoms with Crippen molar-refractivity contribution in [2.45, 2.75) is 63.6 Å². The second-order valence-electron chi connectivity index (χ2n) is 8.90. The first-order valence-electron chi connectivity index (χ1n) is 11.4. The molecule has 2 fully saturated rings. The number of likely N-dealkylation sites (tertiary alicyclic amines) is 1. The van der Waals surface area contributed by atoms with E-state index >= 15 is 0 Å². The van der Waals surface area contributed by atoms with Gasteiger partial charge in [-0.2, -0.15) is 0 Å². The van der Waals surface area contributed by atoms with Crippen molar-refractivity contribution < 1.29 is 9.18 Å². The summed E-state index contributed by atoms with van der Waals surface area (Å²) in [6.07, 6.45) is 8.56. The maximum absolute atomic E-state index is 14.6. The van der Waals surface area contributed by atoms with Crippen molar-refractivity contribution in [1.82, 2.24) is 32.8 Å². The number of nitrogens with zero attached hydrogens (tertiary/aromatic N) is 6. The zero-order chi connectivity index (χ0) is 22.9.